The van der Waals surface area contributed by atoms with E-state index in [-0.39, 0.29) is 11.1 Å². The molecule has 1 heterocycles. The molecule has 0 unspecified atom stereocenters. The van der Waals surface area contributed by atoms with E-state index in [0.29, 0.717) is 35.3 Å². The number of thioether (sulfide) groups is 1. The lowest BCUT2D eigenvalue weighted by atomic mass is 10.1. The number of hydrogen-bond acceptors (Lipinski definition) is 5. The second-order valence-electron chi connectivity index (χ2n) is 7.38. The van der Waals surface area contributed by atoms with Gasteiger partial charge in [-0.15, -0.1) is 0 Å². The van der Waals surface area contributed by atoms with Gasteiger partial charge in [0.2, 0.25) is 0 Å². The molecule has 0 aromatic heterocycles. The normalized spacial score (nSPS) is 14.8. The zero-order chi connectivity index (χ0) is 23.4. The van der Waals surface area contributed by atoms with Gasteiger partial charge >= 0.3 is 0 Å². The molecule has 0 spiro atoms. The lowest BCUT2D eigenvalue weighted by molar-refractivity contribution is -0.113. The maximum absolute atomic E-state index is 12.9. The molecule has 3 aromatic carbocycles. The molecule has 1 aliphatic rings. The molecule has 0 N–H and O–H groups in total. The molecule has 0 saturated carbocycles. The maximum Gasteiger partial charge on any atom is 0.298 e. The molecule has 168 valence electrons. The van der Waals surface area contributed by atoms with Crippen LogP contribution < -0.4 is 14.4 Å². The molecule has 1 saturated heterocycles. The Labute approximate surface area is 205 Å². The van der Waals surface area contributed by atoms with Gasteiger partial charge in [-0.3, -0.25) is 9.59 Å². The molecule has 4 rings (SSSR count). The highest BCUT2D eigenvalue weighted by atomic mass is 79.9. The Bertz CT molecular complexity index is 1210. The van der Waals surface area contributed by atoms with Crippen molar-refractivity contribution >= 4 is 50.6 Å². The minimum Gasteiger partial charge on any atom is -0.490 e. The van der Waals surface area contributed by atoms with E-state index in [1.165, 1.54) is 10.5 Å². The summed E-state index contributed by atoms with van der Waals surface area (Å²) in [6.45, 7) is 4.81. The highest BCUT2D eigenvalue weighted by Gasteiger charge is 2.36. The number of ether oxygens (including phenoxy) is 2. The molecule has 2 amide bonds. The Kier molecular flexibility index (Phi) is 7.20. The maximum atomic E-state index is 12.9. The van der Waals surface area contributed by atoms with Crippen molar-refractivity contribution in [2.24, 2.45) is 0 Å². The first-order valence-corrected chi connectivity index (χ1v) is 12.0. The van der Waals surface area contributed by atoms with Gasteiger partial charge in [-0.25, -0.2) is 4.90 Å². The molecule has 7 heteroatoms. The van der Waals surface area contributed by atoms with Crippen molar-refractivity contribution in [2.45, 2.75) is 20.5 Å². The quantitative estimate of drug-likeness (QED) is 0.312. The van der Waals surface area contributed by atoms with Gasteiger partial charge in [-0.1, -0.05) is 64.0 Å². The molecule has 3 aromatic rings. The second-order valence-corrected chi connectivity index (χ2v) is 9.23. The third-order valence-electron chi connectivity index (χ3n) is 4.97. The van der Waals surface area contributed by atoms with Crippen LogP contribution in [0, 0.1) is 6.92 Å². The van der Waals surface area contributed by atoms with Gasteiger partial charge in [0.1, 0.15) is 6.61 Å². The fourth-order valence-electron chi connectivity index (χ4n) is 3.30. The summed E-state index contributed by atoms with van der Waals surface area (Å²) in [6, 6.07) is 20.7. The van der Waals surface area contributed by atoms with E-state index in [9.17, 15) is 9.59 Å². The van der Waals surface area contributed by atoms with Crippen LogP contribution >= 0.6 is 27.7 Å². The van der Waals surface area contributed by atoms with Crippen molar-refractivity contribution in [3.05, 3.63) is 92.8 Å². The van der Waals surface area contributed by atoms with Crippen LogP contribution in [0.2, 0.25) is 0 Å². The summed E-state index contributed by atoms with van der Waals surface area (Å²) in [4.78, 5) is 27.0. The van der Waals surface area contributed by atoms with Crippen molar-refractivity contribution < 1.29 is 19.1 Å². The average molecular weight is 524 g/mol. The molecule has 0 atom stereocenters. The third-order valence-corrected chi connectivity index (χ3v) is 6.53. The van der Waals surface area contributed by atoms with E-state index < -0.39 is 0 Å². The summed E-state index contributed by atoms with van der Waals surface area (Å²) in [5, 5.41) is -0.323. The van der Waals surface area contributed by atoms with Gasteiger partial charge in [-0.05, 0) is 67.1 Å². The van der Waals surface area contributed by atoms with Crippen LogP contribution in [0.4, 0.5) is 10.5 Å². The Morgan fingerprint density at radius 1 is 0.970 bits per heavy atom. The number of imide groups is 1. The van der Waals surface area contributed by atoms with Crippen molar-refractivity contribution in [1.29, 1.82) is 0 Å². The van der Waals surface area contributed by atoms with Crippen LogP contribution in [0.5, 0.6) is 11.5 Å². The summed E-state index contributed by atoms with van der Waals surface area (Å²) in [5.41, 5.74) is 3.52. The van der Waals surface area contributed by atoms with Crippen LogP contribution in [0.1, 0.15) is 23.6 Å². The van der Waals surface area contributed by atoms with Gasteiger partial charge < -0.3 is 9.47 Å². The Hall–Kier alpha value is -3.03. The fourth-order valence-corrected chi connectivity index (χ4v) is 4.57. The van der Waals surface area contributed by atoms with E-state index >= 15 is 0 Å². The Morgan fingerprint density at radius 2 is 1.67 bits per heavy atom. The number of amides is 2. The Morgan fingerprint density at radius 3 is 2.36 bits per heavy atom. The zero-order valence-electron chi connectivity index (χ0n) is 18.2. The Balaban J connectivity index is 1.59. The highest BCUT2D eigenvalue weighted by Crippen LogP contribution is 2.39. The van der Waals surface area contributed by atoms with Crippen LogP contribution in [0.3, 0.4) is 0 Å². The number of halogens is 1. The van der Waals surface area contributed by atoms with Crippen molar-refractivity contribution in [3.8, 4) is 11.5 Å². The lowest BCUT2D eigenvalue weighted by Crippen LogP contribution is -2.27. The van der Waals surface area contributed by atoms with E-state index in [0.717, 1.165) is 27.4 Å². The summed E-state index contributed by atoms with van der Waals surface area (Å²) < 4.78 is 12.6. The van der Waals surface area contributed by atoms with E-state index in [4.69, 9.17) is 9.47 Å². The zero-order valence-corrected chi connectivity index (χ0v) is 20.6. The number of aryl methyl sites for hydroxylation is 1. The predicted octanol–water partition coefficient (Wildman–Crippen LogP) is 6.98. The highest BCUT2D eigenvalue weighted by molar-refractivity contribution is 9.10. The van der Waals surface area contributed by atoms with Crippen molar-refractivity contribution in [1.82, 2.24) is 0 Å². The number of hydrogen-bond donors (Lipinski definition) is 0. The molecule has 0 bridgehead atoms. The molecule has 1 aliphatic heterocycles. The van der Waals surface area contributed by atoms with E-state index in [1.807, 2.05) is 56.3 Å². The molecular formula is C26H22BrNO4S. The molecule has 1 fully saturated rings. The first kappa shape index (κ1) is 23.1. The van der Waals surface area contributed by atoms with E-state index in [2.05, 4.69) is 15.9 Å². The second kappa shape index (κ2) is 10.3. The van der Waals surface area contributed by atoms with Gasteiger partial charge in [0.05, 0.1) is 17.2 Å². The lowest BCUT2D eigenvalue weighted by Gasteiger charge is -2.14. The largest absolute Gasteiger partial charge is 0.490 e. The first-order chi connectivity index (χ1) is 16.0. The standard InChI is InChI=1S/C26H22BrNO4S/c1-3-31-22-13-19(21(27)15-23(22)32-16-18-11-9-17(2)10-12-18)14-24-25(29)28(26(30)33-24)20-7-5-4-6-8-20/h4-15H,3,16H2,1-2H3/b24-14-. The molecule has 0 aliphatic carbocycles. The predicted molar refractivity (Wildman–Crippen MR) is 136 cm³/mol. The minimum atomic E-state index is -0.347. The van der Waals surface area contributed by atoms with Crippen molar-refractivity contribution in [2.75, 3.05) is 11.5 Å². The topological polar surface area (TPSA) is 55.8 Å². The number of para-hydroxylation sites is 1. The minimum absolute atomic E-state index is 0.323. The number of benzene rings is 3. The van der Waals surface area contributed by atoms with Gasteiger partial charge in [-0.2, -0.15) is 0 Å². The average Bonchev–Trinajstić information content (AvgIpc) is 3.09. The summed E-state index contributed by atoms with van der Waals surface area (Å²) in [5.74, 6) is 0.820. The van der Waals surface area contributed by atoms with Gasteiger partial charge in [0, 0.05) is 4.47 Å². The first-order valence-electron chi connectivity index (χ1n) is 10.4. The SMILES string of the molecule is CCOc1cc(/C=C2\SC(=O)N(c3ccccc3)C2=O)c(Br)cc1OCc1ccc(C)cc1. The summed E-state index contributed by atoms with van der Waals surface area (Å²) in [6.07, 6.45) is 1.70. The van der Waals surface area contributed by atoms with Crippen LogP contribution in [-0.2, 0) is 11.4 Å². The van der Waals surface area contributed by atoms with Gasteiger partial charge in [0.15, 0.2) is 11.5 Å². The number of nitrogens with zero attached hydrogens (tertiary/aromatic N) is 1. The molecule has 33 heavy (non-hydrogen) atoms. The van der Waals surface area contributed by atoms with E-state index in [1.54, 1.807) is 30.3 Å². The molecular weight excluding hydrogens is 502 g/mol. The molecule has 5 nitrogen and oxygen atoms in total. The van der Waals surface area contributed by atoms with Crippen LogP contribution in [-0.4, -0.2) is 17.8 Å². The number of carbonyl (C=O) groups is 2. The molecule has 0 radical (unpaired) electrons. The number of rotatable bonds is 7. The smallest absolute Gasteiger partial charge is 0.298 e. The summed E-state index contributed by atoms with van der Waals surface area (Å²) in [7, 11) is 0. The summed E-state index contributed by atoms with van der Waals surface area (Å²) >= 11 is 4.49. The van der Waals surface area contributed by atoms with Crippen LogP contribution in [0.15, 0.2) is 76.1 Å². The number of carbonyl (C=O) groups excluding carboxylic acids is 2. The third kappa shape index (κ3) is 5.31. The van der Waals surface area contributed by atoms with Crippen molar-refractivity contribution in [3.63, 3.8) is 0 Å². The van der Waals surface area contributed by atoms with Gasteiger partial charge in [0.25, 0.3) is 11.1 Å². The van der Waals surface area contributed by atoms with Crippen LogP contribution in [0.25, 0.3) is 6.08 Å². The number of anilines is 1. The monoisotopic (exact) mass is 523 g/mol. The fraction of sp³-hybridized carbons (Fsp3) is 0.154.